The molecule has 120 valence electrons. The van der Waals surface area contributed by atoms with Crippen molar-refractivity contribution in [2.24, 2.45) is 13.0 Å². The summed E-state index contributed by atoms with van der Waals surface area (Å²) in [5, 5.41) is 11.4. The van der Waals surface area contributed by atoms with Gasteiger partial charge in [-0.3, -0.25) is 4.40 Å². The molecule has 23 heavy (non-hydrogen) atoms. The lowest BCUT2D eigenvalue weighted by Gasteiger charge is -2.31. The van der Waals surface area contributed by atoms with E-state index < -0.39 is 0 Å². The third kappa shape index (κ3) is 2.65. The van der Waals surface area contributed by atoms with Crippen LogP contribution in [0.3, 0.4) is 0 Å². The second kappa shape index (κ2) is 5.96. The molecule has 0 unspecified atom stereocenters. The molecule has 1 aliphatic rings. The highest BCUT2D eigenvalue weighted by Gasteiger charge is 2.30. The highest BCUT2D eigenvalue weighted by molar-refractivity contribution is 5.61. The number of imidazole rings is 1. The lowest BCUT2D eigenvalue weighted by Crippen LogP contribution is -2.30. The summed E-state index contributed by atoms with van der Waals surface area (Å²) in [5.41, 5.74) is 0.734. The first-order valence-electron chi connectivity index (χ1n) is 7.80. The predicted molar refractivity (Wildman–Crippen MR) is 83.9 cm³/mol. The number of ether oxygens (including phenoxy) is 1. The summed E-state index contributed by atoms with van der Waals surface area (Å²) in [6.45, 7) is 1.54. The number of hydrogen-bond acceptors (Lipinski definition) is 6. The third-order valence-electron chi connectivity index (χ3n) is 4.31. The summed E-state index contributed by atoms with van der Waals surface area (Å²) < 4.78 is 9.88. The molecule has 0 saturated carbocycles. The Hall–Kier alpha value is -2.48. The number of aromatic nitrogens is 6. The van der Waals surface area contributed by atoms with Gasteiger partial charge in [-0.2, -0.15) is 0 Å². The summed E-state index contributed by atoms with van der Waals surface area (Å²) in [7, 11) is 2.00. The Kier molecular flexibility index (Phi) is 3.66. The molecule has 0 bridgehead atoms. The molecular weight excluding hydrogens is 294 g/mol. The highest BCUT2D eigenvalue weighted by Crippen LogP contribution is 2.32. The van der Waals surface area contributed by atoms with Crippen molar-refractivity contribution < 1.29 is 4.74 Å². The van der Waals surface area contributed by atoms with Crippen molar-refractivity contribution >= 4 is 11.5 Å². The average molecular weight is 313 g/mol. The van der Waals surface area contributed by atoms with Gasteiger partial charge in [0.2, 0.25) is 5.65 Å². The lowest BCUT2D eigenvalue weighted by molar-refractivity contribution is -0.0305. The first-order chi connectivity index (χ1) is 11.3. The Bertz CT molecular complexity index is 796. The van der Waals surface area contributed by atoms with Crippen molar-refractivity contribution in [2.45, 2.75) is 18.9 Å². The molecule has 3 aromatic rings. The quantitative estimate of drug-likeness (QED) is 0.785. The van der Waals surface area contributed by atoms with Crippen LogP contribution in [0.5, 0.6) is 0 Å². The number of aryl methyl sites for hydroxylation is 1. The molecule has 8 heteroatoms. The topological polar surface area (TPSA) is 82.2 Å². The second-order valence-electron chi connectivity index (χ2n) is 5.81. The molecule has 4 rings (SSSR count). The highest BCUT2D eigenvalue weighted by atomic mass is 16.5. The van der Waals surface area contributed by atoms with Crippen molar-refractivity contribution in [1.29, 1.82) is 0 Å². The van der Waals surface area contributed by atoms with E-state index in [2.05, 4.69) is 25.5 Å². The average Bonchev–Trinajstić information content (AvgIpc) is 3.22. The summed E-state index contributed by atoms with van der Waals surface area (Å²) >= 11 is 0. The minimum Gasteiger partial charge on any atom is -0.370 e. The molecular formula is C15H19N7O. The van der Waals surface area contributed by atoms with Gasteiger partial charge in [0.1, 0.15) is 18.3 Å². The molecule has 1 fully saturated rings. The maximum atomic E-state index is 6.00. The molecule has 1 saturated heterocycles. The van der Waals surface area contributed by atoms with Crippen LogP contribution in [-0.4, -0.2) is 42.3 Å². The van der Waals surface area contributed by atoms with Gasteiger partial charge in [-0.05, 0) is 12.8 Å². The predicted octanol–water partition coefficient (Wildman–Crippen LogP) is 1.44. The molecule has 3 aromatic heterocycles. The van der Waals surface area contributed by atoms with Crippen LogP contribution in [0, 0.1) is 5.92 Å². The molecule has 8 nitrogen and oxygen atoms in total. The van der Waals surface area contributed by atoms with Crippen molar-refractivity contribution in [3.05, 3.63) is 36.9 Å². The van der Waals surface area contributed by atoms with E-state index in [1.807, 2.05) is 34.6 Å². The number of rotatable bonds is 4. The van der Waals surface area contributed by atoms with Gasteiger partial charge in [-0.1, -0.05) is 0 Å². The van der Waals surface area contributed by atoms with E-state index in [9.17, 15) is 0 Å². The Morgan fingerprint density at radius 2 is 2.22 bits per heavy atom. The van der Waals surface area contributed by atoms with E-state index in [0.717, 1.165) is 43.3 Å². The van der Waals surface area contributed by atoms with Gasteiger partial charge in [0.05, 0.1) is 0 Å². The van der Waals surface area contributed by atoms with Crippen LogP contribution in [0.1, 0.15) is 24.8 Å². The zero-order valence-corrected chi connectivity index (χ0v) is 13.0. The fourth-order valence-electron chi connectivity index (χ4n) is 3.10. The zero-order valence-electron chi connectivity index (χ0n) is 13.0. The molecule has 1 aliphatic heterocycles. The van der Waals surface area contributed by atoms with E-state index in [1.54, 1.807) is 12.5 Å². The number of nitrogens with zero attached hydrogens (tertiary/aromatic N) is 6. The van der Waals surface area contributed by atoms with Gasteiger partial charge < -0.3 is 14.6 Å². The molecule has 0 radical (unpaired) electrons. The monoisotopic (exact) mass is 313 g/mol. The molecule has 2 atom stereocenters. The molecule has 0 aliphatic carbocycles. The van der Waals surface area contributed by atoms with Crippen molar-refractivity contribution in [1.82, 2.24) is 29.1 Å². The minimum atomic E-state index is 0.00820. The van der Waals surface area contributed by atoms with E-state index in [0.29, 0.717) is 5.92 Å². The van der Waals surface area contributed by atoms with Crippen LogP contribution in [0.2, 0.25) is 0 Å². The molecule has 1 N–H and O–H groups in total. The summed E-state index contributed by atoms with van der Waals surface area (Å²) in [6.07, 6.45) is 11.2. The standard InChI is InChI=1S/C15H19N7O/c1-21-6-4-17-14(21)12-11(3-2-8-23-12)9-18-13-15-20-19-10-22(15)7-5-16-13/h4-7,10-12H,2-3,8-9H2,1H3,(H,16,18)/t11-,12+/m0/s1. The van der Waals surface area contributed by atoms with E-state index in [1.165, 1.54) is 0 Å². The Morgan fingerprint density at radius 1 is 1.30 bits per heavy atom. The summed E-state index contributed by atoms with van der Waals surface area (Å²) in [5.74, 6) is 2.06. The Morgan fingerprint density at radius 3 is 3.09 bits per heavy atom. The van der Waals surface area contributed by atoms with Crippen LogP contribution in [0.4, 0.5) is 5.82 Å². The SMILES string of the molecule is Cn1ccnc1[C@@H]1OCCC[C@H]1CNc1nccn2cnnc12. The molecule has 0 aromatic carbocycles. The second-order valence-corrected chi connectivity index (χ2v) is 5.81. The molecule has 0 amide bonds. The van der Waals surface area contributed by atoms with Gasteiger partial charge in [0.15, 0.2) is 5.82 Å². The van der Waals surface area contributed by atoms with Gasteiger partial charge in [0, 0.05) is 50.9 Å². The third-order valence-corrected chi connectivity index (χ3v) is 4.31. The fourth-order valence-corrected chi connectivity index (χ4v) is 3.10. The maximum Gasteiger partial charge on any atom is 0.203 e. The smallest absolute Gasteiger partial charge is 0.203 e. The zero-order chi connectivity index (χ0) is 15.6. The van der Waals surface area contributed by atoms with Crippen molar-refractivity contribution in [3.8, 4) is 0 Å². The van der Waals surface area contributed by atoms with Crippen LogP contribution < -0.4 is 5.32 Å². The van der Waals surface area contributed by atoms with Gasteiger partial charge >= 0.3 is 0 Å². The Labute approximate surface area is 133 Å². The Balaban J connectivity index is 1.52. The van der Waals surface area contributed by atoms with Gasteiger partial charge in [-0.25, -0.2) is 9.97 Å². The normalized spacial score (nSPS) is 21.6. The lowest BCUT2D eigenvalue weighted by atomic mass is 9.93. The van der Waals surface area contributed by atoms with Crippen LogP contribution >= 0.6 is 0 Å². The van der Waals surface area contributed by atoms with Gasteiger partial charge in [-0.15, -0.1) is 10.2 Å². The number of hydrogen-bond donors (Lipinski definition) is 1. The summed E-state index contributed by atoms with van der Waals surface area (Å²) in [4.78, 5) is 8.83. The molecule has 4 heterocycles. The largest absolute Gasteiger partial charge is 0.370 e. The van der Waals surface area contributed by atoms with Crippen molar-refractivity contribution in [3.63, 3.8) is 0 Å². The fraction of sp³-hybridized carbons (Fsp3) is 0.467. The molecule has 0 spiro atoms. The van der Waals surface area contributed by atoms with E-state index >= 15 is 0 Å². The van der Waals surface area contributed by atoms with Gasteiger partial charge in [0.25, 0.3) is 0 Å². The minimum absolute atomic E-state index is 0.00820. The number of fused-ring (bicyclic) bond motifs is 1. The number of anilines is 1. The first-order valence-corrected chi connectivity index (χ1v) is 7.80. The van der Waals surface area contributed by atoms with Crippen molar-refractivity contribution in [2.75, 3.05) is 18.5 Å². The maximum absolute atomic E-state index is 6.00. The van der Waals surface area contributed by atoms with E-state index in [4.69, 9.17) is 4.74 Å². The first kappa shape index (κ1) is 14.1. The van der Waals surface area contributed by atoms with Crippen LogP contribution in [0.25, 0.3) is 5.65 Å². The van der Waals surface area contributed by atoms with Crippen LogP contribution in [0.15, 0.2) is 31.1 Å². The summed E-state index contributed by atoms with van der Waals surface area (Å²) in [6, 6.07) is 0. The van der Waals surface area contributed by atoms with E-state index in [-0.39, 0.29) is 6.10 Å². The number of nitrogens with one attached hydrogen (secondary N) is 1. The van der Waals surface area contributed by atoms with Crippen LogP contribution in [-0.2, 0) is 11.8 Å².